The number of fused-ring (bicyclic) bond motifs is 3. The molecule has 12 aromatic rings. The quantitative estimate of drug-likeness (QED) is 0.0214. The number of H-pyrrole nitrogens is 3. The summed E-state index contributed by atoms with van der Waals surface area (Å²) in [5, 5.41) is 19.4. The van der Waals surface area contributed by atoms with Crippen molar-refractivity contribution >= 4 is 130 Å². The summed E-state index contributed by atoms with van der Waals surface area (Å²) in [5.74, 6) is 1.77. The smallest absolute Gasteiger partial charge is 0.324 e. The highest BCUT2D eigenvalue weighted by Crippen LogP contribution is 2.34. The molecule has 626 valence electrons. The summed E-state index contributed by atoms with van der Waals surface area (Å²) in [6.07, 6.45) is 19.0. The predicted molar refractivity (Wildman–Crippen MR) is 470 cm³/mol. The Morgan fingerprint density at radius 2 is 0.744 bits per heavy atom. The maximum atomic E-state index is 12.8. The van der Waals surface area contributed by atoms with Crippen LogP contribution in [0.4, 0.5) is 62.2 Å². The summed E-state index contributed by atoms with van der Waals surface area (Å²) in [6, 6.07) is 37.9. The fourth-order valence-electron chi connectivity index (χ4n) is 13.0. The van der Waals surface area contributed by atoms with Gasteiger partial charge in [0.15, 0.2) is 0 Å². The number of hydrogen-bond donors (Lipinski definition) is 10. The van der Waals surface area contributed by atoms with Crippen LogP contribution < -0.4 is 51.3 Å². The van der Waals surface area contributed by atoms with Crippen molar-refractivity contribution in [1.82, 2.24) is 74.5 Å². The molecular weight excluding hydrogens is 1560 g/mol. The fourth-order valence-corrected chi connectivity index (χ4v) is 14.1. The first kappa shape index (κ1) is 85.1. The maximum Gasteiger partial charge on any atom is 0.324 e. The van der Waals surface area contributed by atoms with E-state index in [-0.39, 0.29) is 35.8 Å². The van der Waals surface area contributed by atoms with Gasteiger partial charge in [0.25, 0.3) is 0 Å². The molecule has 6 amide bonds. The van der Waals surface area contributed by atoms with Crippen molar-refractivity contribution in [3.63, 3.8) is 0 Å². The molecule has 9 aromatic heterocycles. The lowest BCUT2D eigenvalue weighted by Gasteiger charge is -2.27. The Kier molecular flexibility index (Phi) is 28.9. The third kappa shape index (κ3) is 24.7. The van der Waals surface area contributed by atoms with Crippen molar-refractivity contribution in [2.45, 2.75) is 12.2 Å². The van der Waals surface area contributed by atoms with Crippen LogP contribution in [0.5, 0.6) is 0 Å². The highest BCUT2D eigenvalue weighted by molar-refractivity contribution is 7.91. The van der Waals surface area contributed by atoms with Crippen LogP contribution in [-0.2, 0) is 55.6 Å². The van der Waals surface area contributed by atoms with Gasteiger partial charge in [-0.05, 0) is 150 Å². The van der Waals surface area contributed by atoms with Crippen LogP contribution in [0.25, 0.3) is 66.9 Å². The van der Waals surface area contributed by atoms with Gasteiger partial charge in [-0.1, -0.05) is 54.6 Å². The van der Waals surface area contributed by atoms with Crippen LogP contribution in [0, 0.1) is 0 Å². The number of nitrogens with zero attached hydrogens (tertiary/aromatic N) is 15. The number of sulfonamides is 1. The summed E-state index contributed by atoms with van der Waals surface area (Å²) in [5.41, 5.74) is 12.1. The van der Waals surface area contributed by atoms with E-state index in [2.05, 4.69) is 117 Å². The normalized spacial score (nSPS) is 13.8. The van der Waals surface area contributed by atoms with Crippen molar-refractivity contribution < 1.29 is 46.6 Å². The molecule has 0 unspecified atom stereocenters. The monoisotopic (exact) mass is 1660 g/mol. The number of pyridine rings is 3. The van der Waals surface area contributed by atoms with Crippen LogP contribution in [0.15, 0.2) is 201 Å². The Morgan fingerprint density at radius 3 is 1.10 bits per heavy atom. The molecule has 0 saturated carbocycles. The van der Waals surface area contributed by atoms with Crippen LogP contribution in [0.1, 0.15) is 11.4 Å². The number of rotatable bonds is 27. The van der Waals surface area contributed by atoms with Gasteiger partial charge in [0.2, 0.25) is 33.7 Å². The second-order valence-electron chi connectivity index (χ2n) is 29.1. The number of hydrogen-bond acceptors (Lipinski definition) is 25. The van der Waals surface area contributed by atoms with E-state index < -0.39 is 16.1 Å². The molecule has 0 spiro atoms. The number of ether oxygens (including phenoxy) is 3. The van der Waals surface area contributed by atoms with Gasteiger partial charge in [-0.15, -0.1) is 0 Å². The Hall–Kier alpha value is -13.8. The van der Waals surface area contributed by atoms with Gasteiger partial charge in [0.1, 0.15) is 64.9 Å². The number of carbonyl (C=O) groups is 5. The second-order valence-corrected chi connectivity index (χ2v) is 30.8. The predicted octanol–water partition coefficient (Wildman–Crippen LogP) is 9.51. The number of likely N-dealkylation sites (N-methyl/N-ethyl adjacent to an activating group) is 3. The van der Waals surface area contributed by atoms with E-state index in [1.54, 1.807) is 91.9 Å². The van der Waals surface area contributed by atoms with Crippen molar-refractivity contribution in [2.75, 3.05) is 192 Å². The first-order valence-electron chi connectivity index (χ1n) is 39.1. The maximum absolute atomic E-state index is 12.8. The molecule has 10 N–H and O–H groups in total. The number of anilines is 10. The van der Waals surface area contributed by atoms with E-state index in [4.69, 9.17) is 14.2 Å². The van der Waals surface area contributed by atoms with Gasteiger partial charge in [-0.25, -0.2) is 48.1 Å². The average molecular weight is 1660 g/mol. The lowest BCUT2D eigenvalue weighted by atomic mass is 10.1. The largest absolute Gasteiger partial charge is 0.378 e. The van der Waals surface area contributed by atoms with Crippen LogP contribution in [-0.4, -0.2) is 253 Å². The van der Waals surface area contributed by atoms with Crippen molar-refractivity contribution in [2.24, 2.45) is 0 Å². The minimum Gasteiger partial charge on any atom is -0.378 e. The van der Waals surface area contributed by atoms with E-state index >= 15 is 0 Å². The van der Waals surface area contributed by atoms with Gasteiger partial charge in [0, 0.05) is 117 Å². The van der Waals surface area contributed by atoms with Crippen molar-refractivity contribution in [1.29, 1.82) is 0 Å². The number of morpholine rings is 3. The number of aromatic nitrogens is 12. The van der Waals surface area contributed by atoms with Crippen molar-refractivity contribution in [3.8, 4) is 33.8 Å². The molecule has 3 saturated heterocycles. The molecule has 0 bridgehead atoms. The summed E-state index contributed by atoms with van der Waals surface area (Å²) < 4.78 is 44.6. The zero-order chi connectivity index (χ0) is 84.6. The highest BCUT2D eigenvalue weighted by atomic mass is 32.2. The number of urea groups is 1. The van der Waals surface area contributed by atoms with Crippen LogP contribution in [0.3, 0.4) is 0 Å². The molecule has 121 heavy (non-hydrogen) atoms. The third-order valence-electron chi connectivity index (χ3n) is 18.9. The van der Waals surface area contributed by atoms with Crippen LogP contribution in [0.2, 0.25) is 0 Å². The molecule has 0 radical (unpaired) electrons. The first-order chi connectivity index (χ1) is 58.6. The lowest BCUT2D eigenvalue weighted by molar-refractivity contribution is -0.116. The first-order valence-corrected chi connectivity index (χ1v) is 40.7. The molecule has 36 heteroatoms. The third-order valence-corrected chi connectivity index (χ3v) is 20.1. The molecule has 0 atom stereocenters. The molecular formula is C85H95N25O10S. The molecule has 3 aliphatic rings. The van der Waals surface area contributed by atoms with E-state index in [1.165, 1.54) is 30.6 Å². The Labute approximate surface area is 698 Å². The van der Waals surface area contributed by atoms with Crippen molar-refractivity contribution in [3.05, 3.63) is 213 Å². The topological polar surface area (TPSA) is 414 Å². The number of benzene rings is 3. The fraction of sp³-hybridized carbons (Fsp3) is 0.271. The van der Waals surface area contributed by atoms with E-state index in [1.807, 2.05) is 130 Å². The van der Waals surface area contributed by atoms with E-state index in [0.29, 0.717) is 111 Å². The summed E-state index contributed by atoms with van der Waals surface area (Å²) in [4.78, 5) is 123. The van der Waals surface area contributed by atoms with Crippen LogP contribution >= 0.6 is 0 Å². The lowest BCUT2D eigenvalue weighted by Crippen LogP contribution is -2.36. The van der Waals surface area contributed by atoms with E-state index in [0.717, 1.165) is 124 Å². The minimum atomic E-state index is -3.72. The number of aromatic amines is 3. The number of carbonyl (C=O) groups excluding carboxylic acids is 5. The Morgan fingerprint density at radius 1 is 0.397 bits per heavy atom. The van der Waals surface area contributed by atoms with Gasteiger partial charge in [-0.2, -0.15) is 0 Å². The second kappa shape index (κ2) is 41.1. The number of amides is 6. The SMILES string of the molecule is CN(C)C/C=C/C(=O)Nc1ccc(CC(=O)Nc2ccc(-c3cc4c(N5CCOCC5)ncnc4[nH]3)cc2)nc1.CN(C)C/C=C/C(=O)Nc1ccc(CS(=O)(=O)Nc2ccc(-c3cc4c(N5CCOCC5)ncnc4[nH]3)cc2)nc1.CN(C)C/C=C/C(=O)Nc1ccc(NC(=O)Nc2ccc(-c3cc4c(N5CCOCC5)ncnc4[nH]3)cc2)nc1. The van der Waals surface area contributed by atoms with Gasteiger partial charge in [0.05, 0.1) is 104 Å². The minimum absolute atomic E-state index is 0.115. The summed E-state index contributed by atoms with van der Waals surface area (Å²) in [6.45, 7) is 10.8. The number of nitrogens with one attached hydrogen (secondary N) is 10. The zero-order valence-corrected chi connectivity index (χ0v) is 68.6. The molecule has 3 fully saturated rings. The van der Waals surface area contributed by atoms with Gasteiger partial charge in [-0.3, -0.25) is 39.2 Å². The van der Waals surface area contributed by atoms with Gasteiger partial charge < -0.3 is 85.1 Å². The highest BCUT2D eigenvalue weighted by Gasteiger charge is 2.23. The summed E-state index contributed by atoms with van der Waals surface area (Å²) >= 11 is 0. The molecule has 12 heterocycles. The molecule has 0 aliphatic carbocycles. The Balaban J connectivity index is 0.000000157. The molecule has 35 nitrogen and oxygen atoms in total. The molecule has 3 aliphatic heterocycles. The summed E-state index contributed by atoms with van der Waals surface area (Å²) in [7, 11) is 7.80. The van der Waals surface area contributed by atoms with Gasteiger partial charge >= 0.3 is 6.03 Å². The van der Waals surface area contributed by atoms with E-state index in [9.17, 15) is 32.4 Å². The standard InChI is InChI=1S/C29H32N8O3.C28H31N9O3.C28H32N8O4S/c1-36(2)11-3-4-26(38)34-23-10-9-22(30-18-23)16-27(39)33-21-7-5-20(6-8-21)25-17-24-28(35-25)31-19-32-29(24)37-12-14-40-15-13-37;1-36(2)11-3-4-25(38)32-21-9-10-24(29-17-21)35-28(39)33-20-7-5-19(6-8-20)23-16-22-26(34-23)30-18-31-27(22)37-12-14-40-15-13-37;1-35(2)11-3-4-26(37)32-22-9-10-23(29-17-22)18-41(38,39)34-21-7-5-20(6-8-21)25-16-24-27(33-25)30-19-31-28(24)36-12-14-40-15-13-36/h3-10,17-19H,11-16H2,1-2H3,(H,33,39)(H,34,38)(H,31,32,35);3-10,16-18H,11-15H2,1-2H3,(H,32,38)(H,30,31,34)(H2,29,33,35,39);3-10,16-17,19,34H,11-15,18H2,1-2H3,(H,32,37)(H,30,31,33)/b3*4-3+. The molecule has 15 rings (SSSR count). The Bertz CT molecular complexity index is 5500. The molecule has 3 aromatic carbocycles. The average Bonchev–Trinajstić information content (AvgIpc) is 1.64. The zero-order valence-electron chi connectivity index (χ0n) is 67.8.